The van der Waals surface area contributed by atoms with Gasteiger partial charge in [0.1, 0.15) is 5.60 Å². The quantitative estimate of drug-likeness (QED) is 0.590. The number of carboxylic acids is 1. The van der Waals surface area contributed by atoms with Gasteiger partial charge >= 0.3 is 11.9 Å². The molecule has 0 aromatic carbocycles. The van der Waals surface area contributed by atoms with Gasteiger partial charge in [-0.15, -0.1) is 0 Å². The van der Waals surface area contributed by atoms with Crippen molar-refractivity contribution in [3.63, 3.8) is 0 Å². The lowest BCUT2D eigenvalue weighted by Crippen LogP contribution is -2.52. The topological polar surface area (TPSA) is 63.6 Å². The molecule has 4 heteroatoms. The van der Waals surface area contributed by atoms with Gasteiger partial charge in [-0.2, -0.15) is 0 Å². The fourth-order valence-electron chi connectivity index (χ4n) is 4.76. The van der Waals surface area contributed by atoms with Crippen LogP contribution in [0.5, 0.6) is 0 Å². The monoisotopic (exact) mass is 348 g/mol. The number of hydrogen-bond donors (Lipinski definition) is 1. The van der Waals surface area contributed by atoms with Crippen molar-refractivity contribution in [3.8, 4) is 0 Å². The summed E-state index contributed by atoms with van der Waals surface area (Å²) in [5, 5.41) is 8.19. The summed E-state index contributed by atoms with van der Waals surface area (Å²) in [4.78, 5) is 21.7. The SMILES string of the molecule is C=C(C)C(=O)OC12CC3CC(CC(C3)C1)C2.CC(C)(C)C=CC(=O)O. The summed E-state index contributed by atoms with van der Waals surface area (Å²) < 4.78 is 5.77. The van der Waals surface area contributed by atoms with Gasteiger partial charge in [-0.25, -0.2) is 9.59 Å². The van der Waals surface area contributed by atoms with Gasteiger partial charge in [0.2, 0.25) is 0 Å². The third-order valence-electron chi connectivity index (χ3n) is 5.37. The Balaban J connectivity index is 0.000000217. The number of esters is 1. The molecule has 0 saturated heterocycles. The van der Waals surface area contributed by atoms with Crippen molar-refractivity contribution in [2.75, 3.05) is 0 Å². The molecule has 0 atom stereocenters. The molecule has 0 radical (unpaired) electrons. The van der Waals surface area contributed by atoms with Gasteiger partial charge in [0.25, 0.3) is 0 Å². The van der Waals surface area contributed by atoms with Crippen molar-refractivity contribution in [2.45, 2.75) is 71.8 Å². The summed E-state index contributed by atoms with van der Waals surface area (Å²) in [6.45, 7) is 11.3. The standard InChI is InChI=1S/C14H20O2.C7H12O2/c1-9(2)13(15)16-14-6-10-3-11(7-14)5-12(4-10)8-14;1-7(2,3)5-4-6(8)9/h10-12H,1,3-8H2,2H3;4-5H,1-3H3,(H,8,9). The number of rotatable bonds is 3. The molecule has 0 aromatic rings. The lowest BCUT2D eigenvalue weighted by Gasteiger charge is -2.55. The van der Waals surface area contributed by atoms with E-state index in [0.717, 1.165) is 37.0 Å². The average molecular weight is 348 g/mol. The number of aliphatic carboxylic acids is 1. The number of carboxylic acid groups (broad SMARTS) is 1. The van der Waals surface area contributed by atoms with Crippen LogP contribution in [-0.4, -0.2) is 22.6 Å². The molecule has 140 valence electrons. The second-order valence-corrected chi connectivity index (χ2v) is 9.31. The van der Waals surface area contributed by atoms with Crippen LogP contribution in [0.25, 0.3) is 0 Å². The van der Waals surface area contributed by atoms with Crippen LogP contribution in [0.4, 0.5) is 0 Å². The molecule has 4 rings (SSSR count). The average Bonchev–Trinajstić information content (AvgIpc) is 2.43. The second kappa shape index (κ2) is 7.35. The Morgan fingerprint density at radius 1 is 1.08 bits per heavy atom. The molecule has 4 bridgehead atoms. The molecule has 4 saturated carbocycles. The fraction of sp³-hybridized carbons (Fsp3) is 0.714. The lowest BCUT2D eigenvalue weighted by atomic mass is 9.54. The van der Waals surface area contributed by atoms with Crippen molar-refractivity contribution in [1.29, 1.82) is 0 Å². The van der Waals surface area contributed by atoms with Crippen LogP contribution >= 0.6 is 0 Å². The first-order valence-corrected chi connectivity index (χ1v) is 9.29. The van der Waals surface area contributed by atoms with Gasteiger partial charge in [0.05, 0.1) is 0 Å². The predicted octanol–water partition coefficient (Wildman–Crippen LogP) is 4.75. The van der Waals surface area contributed by atoms with Crippen molar-refractivity contribution >= 4 is 11.9 Å². The van der Waals surface area contributed by atoms with E-state index in [4.69, 9.17) is 9.84 Å². The van der Waals surface area contributed by atoms with Gasteiger partial charge in [0, 0.05) is 11.6 Å². The minimum absolute atomic E-state index is 0.0294. The first kappa shape index (κ1) is 19.7. The maximum atomic E-state index is 11.7. The summed E-state index contributed by atoms with van der Waals surface area (Å²) in [7, 11) is 0. The van der Waals surface area contributed by atoms with Crippen LogP contribution in [0.2, 0.25) is 0 Å². The molecule has 0 unspecified atom stereocenters. The maximum Gasteiger partial charge on any atom is 0.333 e. The van der Waals surface area contributed by atoms with E-state index < -0.39 is 5.97 Å². The largest absolute Gasteiger partial charge is 0.478 e. The zero-order valence-electron chi connectivity index (χ0n) is 16.0. The van der Waals surface area contributed by atoms with E-state index in [-0.39, 0.29) is 17.0 Å². The molecule has 0 amide bonds. The Bertz CT molecular complexity index is 530. The van der Waals surface area contributed by atoms with Crippen LogP contribution in [0.15, 0.2) is 24.3 Å². The summed E-state index contributed by atoms with van der Waals surface area (Å²) in [6.07, 6.45) is 10.3. The lowest BCUT2D eigenvalue weighted by molar-refractivity contribution is -0.182. The number of ether oxygens (including phenoxy) is 1. The molecule has 4 fully saturated rings. The Morgan fingerprint density at radius 3 is 1.80 bits per heavy atom. The first-order valence-electron chi connectivity index (χ1n) is 9.29. The van der Waals surface area contributed by atoms with Gasteiger partial charge in [-0.05, 0) is 68.6 Å². The van der Waals surface area contributed by atoms with E-state index in [0.29, 0.717) is 5.57 Å². The second-order valence-electron chi connectivity index (χ2n) is 9.31. The highest BCUT2D eigenvalue weighted by Crippen LogP contribution is 2.57. The number of hydrogen-bond acceptors (Lipinski definition) is 3. The summed E-state index contributed by atoms with van der Waals surface area (Å²) >= 11 is 0. The molecule has 0 heterocycles. The van der Waals surface area contributed by atoms with Gasteiger partial charge in [-0.3, -0.25) is 0 Å². The molecule has 4 aliphatic rings. The number of carbonyl (C=O) groups excluding carboxylic acids is 1. The molecule has 1 N–H and O–H groups in total. The van der Waals surface area contributed by atoms with Crippen LogP contribution < -0.4 is 0 Å². The summed E-state index contributed by atoms with van der Waals surface area (Å²) in [5.74, 6) is 1.41. The predicted molar refractivity (Wildman–Crippen MR) is 98.0 cm³/mol. The van der Waals surface area contributed by atoms with E-state index >= 15 is 0 Å². The summed E-state index contributed by atoms with van der Waals surface area (Å²) in [6, 6.07) is 0. The molecule has 4 aliphatic carbocycles. The Hall–Kier alpha value is -1.58. The van der Waals surface area contributed by atoms with E-state index in [2.05, 4.69) is 6.58 Å². The van der Waals surface area contributed by atoms with Crippen molar-refractivity contribution in [1.82, 2.24) is 0 Å². The highest BCUT2D eigenvalue weighted by molar-refractivity contribution is 5.87. The first-order chi connectivity index (χ1) is 11.5. The molecular weight excluding hydrogens is 316 g/mol. The zero-order valence-corrected chi connectivity index (χ0v) is 16.0. The number of carbonyl (C=O) groups is 2. The minimum Gasteiger partial charge on any atom is -0.478 e. The molecule has 0 aliphatic heterocycles. The van der Waals surface area contributed by atoms with Crippen LogP contribution in [0.1, 0.15) is 66.2 Å². The maximum absolute atomic E-state index is 11.7. The van der Waals surface area contributed by atoms with E-state index in [1.807, 2.05) is 20.8 Å². The van der Waals surface area contributed by atoms with Crippen molar-refractivity contribution in [2.24, 2.45) is 23.2 Å². The third kappa shape index (κ3) is 5.72. The molecule has 0 spiro atoms. The van der Waals surface area contributed by atoms with Crippen molar-refractivity contribution in [3.05, 3.63) is 24.3 Å². The van der Waals surface area contributed by atoms with Crippen molar-refractivity contribution < 1.29 is 19.4 Å². The van der Waals surface area contributed by atoms with Crippen LogP contribution in [0, 0.1) is 23.2 Å². The number of allylic oxidation sites excluding steroid dienone is 1. The summed E-state index contributed by atoms with van der Waals surface area (Å²) in [5.41, 5.74) is 0.402. The van der Waals surface area contributed by atoms with Gasteiger partial charge in [-0.1, -0.05) is 33.4 Å². The van der Waals surface area contributed by atoms with Gasteiger partial charge < -0.3 is 9.84 Å². The Labute approximate surface area is 151 Å². The zero-order chi connectivity index (χ0) is 18.8. The van der Waals surface area contributed by atoms with E-state index in [1.54, 1.807) is 13.0 Å². The smallest absolute Gasteiger partial charge is 0.333 e. The van der Waals surface area contributed by atoms with E-state index in [9.17, 15) is 9.59 Å². The Morgan fingerprint density at radius 2 is 1.52 bits per heavy atom. The highest BCUT2D eigenvalue weighted by atomic mass is 16.6. The molecular formula is C21H32O4. The van der Waals surface area contributed by atoms with Crippen LogP contribution in [0.3, 0.4) is 0 Å². The fourth-order valence-corrected chi connectivity index (χ4v) is 4.76. The van der Waals surface area contributed by atoms with E-state index in [1.165, 1.54) is 25.3 Å². The normalized spacial score (nSPS) is 32.9. The molecule has 25 heavy (non-hydrogen) atoms. The van der Waals surface area contributed by atoms with Gasteiger partial charge in [0.15, 0.2) is 0 Å². The Kier molecular flexibility index (Phi) is 5.80. The van der Waals surface area contributed by atoms with Crippen LogP contribution in [-0.2, 0) is 14.3 Å². The molecule has 4 nitrogen and oxygen atoms in total. The minimum atomic E-state index is -0.884. The third-order valence-corrected chi connectivity index (χ3v) is 5.37. The molecule has 0 aromatic heterocycles. The highest BCUT2D eigenvalue weighted by Gasteiger charge is 2.53.